The van der Waals surface area contributed by atoms with Gasteiger partial charge in [-0.15, -0.1) is 0 Å². The van der Waals surface area contributed by atoms with Crippen molar-refractivity contribution in [3.8, 4) is 11.5 Å². The first-order valence-electron chi connectivity index (χ1n) is 7.51. The summed E-state index contributed by atoms with van der Waals surface area (Å²) in [5, 5.41) is 5.31. The number of carbonyl (C=O) groups is 2. The van der Waals surface area contributed by atoms with Gasteiger partial charge in [0, 0.05) is 5.56 Å². The second-order valence-corrected chi connectivity index (χ2v) is 6.14. The highest BCUT2D eigenvalue weighted by atomic mass is 79.9. The van der Waals surface area contributed by atoms with Crippen molar-refractivity contribution in [2.24, 2.45) is 0 Å². The molecule has 0 radical (unpaired) electrons. The Kier molecular flexibility index (Phi) is 6.41. The van der Waals surface area contributed by atoms with Crippen LogP contribution in [0.25, 0.3) is 0 Å². The molecule has 0 fully saturated rings. The van der Waals surface area contributed by atoms with E-state index in [4.69, 9.17) is 9.47 Å². The molecule has 0 bridgehead atoms. The summed E-state index contributed by atoms with van der Waals surface area (Å²) in [5.41, 5.74) is 1.98. The molecule has 0 saturated carbocycles. The van der Waals surface area contributed by atoms with Crippen LogP contribution >= 0.6 is 15.9 Å². The fourth-order valence-electron chi connectivity index (χ4n) is 2.18. The van der Waals surface area contributed by atoms with Crippen molar-refractivity contribution in [2.45, 2.75) is 6.92 Å². The van der Waals surface area contributed by atoms with Gasteiger partial charge in [0.2, 0.25) is 5.91 Å². The van der Waals surface area contributed by atoms with Crippen LogP contribution in [-0.4, -0.2) is 32.6 Å². The number of nitrogens with one attached hydrogen (secondary N) is 2. The van der Waals surface area contributed by atoms with E-state index < -0.39 is 0 Å². The molecule has 0 aliphatic carbocycles. The van der Waals surface area contributed by atoms with Crippen molar-refractivity contribution in [2.75, 3.05) is 26.1 Å². The van der Waals surface area contributed by atoms with Crippen molar-refractivity contribution in [1.82, 2.24) is 5.32 Å². The van der Waals surface area contributed by atoms with Crippen molar-refractivity contribution in [3.63, 3.8) is 0 Å². The van der Waals surface area contributed by atoms with E-state index in [1.54, 1.807) is 37.4 Å². The molecule has 132 valence electrons. The summed E-state index contributed by atoms with van der Waals surface area (Å²) in [7, 11) is 3.08. The molecular weight excluding hydrogens is 388 g/mol. The summed E-state index contributed by atoms with van der Waals surface area (Å²) in [6.07, 6.45) is 0. The lowest BCUT2D eigenvalue weighted by atomic mass is 10.2. The molecule has 0 unspecified atom stereocenters. The first-order valence-corrected chi connectivity index (χ1v) is 8.30. The normalized spacial score (nSPS) is 10.1. The lowest BCUT2D eigenvalue weighted by molar-refractivity contribution is -0.115. The van der Waals surface area contributed by atoms with Gasteiger partial charge >= 0.3 is 0 Å². The quantitative estimate of drug-likeness (QED) is 0.772. The maximum atomic E-state index is 12.2. The minimum atomic E-state index is -0.352. The zero-order valence-electron chi connectivity index (χ0n) is 14.2. The minimum Gasteiger partial charge on any atom is -0.496 e. The average molecular weight is 407 g/mol. The highest BCUT2D eigenvalue weighted by Crippen LogP contribution is 2.26. The highest BCUT2D eigenvalue weighted by Gasteiger charge is 2.12. The number of hydrogen-bond acceptors (Lipinski definition) is 4. The molecule has 2 aromatic rings. The van der Waals surface area contributed by atoms with Gasteiger partial charge in [-0.05, 0) is 58.7 Å². The Bertz CT molecular complexity index is 793. The zero-order chi connectivity index (χ0) is 18.4. The Morgan fingerprint density at radius 3 is 2.36 bits per heavy atom. The third-order valence-corrected chi connectivity index (χ3v) is 4.07. The molecule has 0 aromatic heterocycles. The fourth-order valence-corrected chi connectivity index (χ4v) is 2.72. The van der Waals surface area contributed by atoms with E-state index in [1.165, 1.54) is 7.11 Å². The summed E-state index contributed by atoms with van der Waals surface area (Å²) in [4.78, 5) is 24.2. The van der Waals surface area contributed by atoms with Gasteiger partial charge in [-0.25, -0.2) is 0 Å². The van der Waals surface area contributed by atoms with E-state index in [0.29, 0.717) is 27.2 Å². The van der Waals surface area contributed by atoms with Crippen LogP contribution in [0.15, 0.2) is 40.9 Å². The lowest BCUT2D eigenvalue weighted by Crippen LogP contribution is -2.32. The second kappa shape index (κ2) is 8.53. The summed E-state index contributed by atoms with van der Waals surface area (Å²) in [6, 6.07) is 10.4. The maximum absolute atomic E-state index is 12.2. The molecule has 0 aliphatic rings. The number of hydrogen-bond donors (Lipinski definition) is 2. The summed E-state index contributed by atoms with van der Waals surface area (Å²) in [5.74, 6) is 0.490. The van der Waals surface area contributed by atoms with Gasteiger partial charge in [-0.1, -0.05) is 6.07 Å². The Morgan fingerprint density at radius 1 is 1.04 bits per heavy atom. The van der Waals surface area contributed by atoms with Gasteiger partial charge in [-0.2, -0.15) is 0 Å². The fraction of sp³-hybridized carbons (Fsp3) is 0.222. The molecule has 2 amide bonds. The van der Waals surface area contributed by atoms with E-state index in [1.807, 2.05) is 13.0 Å². The molecule has 0 saturated heterocycles. The van der Waals surface area contributed by atoms with Gasteiger partial charge in [-0.3, -0.25) is 9.59 Å². The average Bonchev–Trinajstić information content (AvgIpc) is 2.59. The van der Waals surface area contributed by atoms with E-state index in [0.717, 1.165) is 5.56 Å². The van der Waals surface area contributed by atoms with E-state index in [2.05, 4.69) is 26.6 Å². The number of amides is 2. The molecule has 0 spiro atoms. The van der Waals surface area contributed by atoms with Crippen LogP contribution in [-0.2, 0) is 4.79 Å². The predicted molar refractivity (Wildman–Crippen MR) is 99.4 cm³/mol. The molecule has 2 rings (SSSR count). The minimum absolute atomic E-state index is 0.153. The Morgan fingerprint density at radius 2 is 1.72 bits per heavy atom. The molecule has 0 atom stereocenters. The van der Waals surface area contributed by atoms with Crippen LogP contribution in [0.4, 0.5) is 5.69 Å². The molecule has 7 heteroatoms. The monoisotopic (exact) mass is 406 g/mol. The van der Waals surface area contributed by atoms with Crippen LogP contribution in [0.2, 0.25) is 0 Å². The molecule has 0 aliphatic heterocycles. The number of halogens is 1. The SMILES string of the molecule is COc1ccc(C(=O)NCC(=O)Nc2cc(C)ccc2OC)cc1Br. The smallest absolute Gasteiger partial charge is 0.251 e. The zero-order valence-corrected chi connectivity index (χ0v) is 15.8. The number of rotatable bonds is 6. The molecule has 2 N–H and O–H groups in total. The first-order chi connectivity index (χ1) is 11.9. The lowest BCUT2D eigenvalue weighted by Gasteiger charge is -2.12. The third-order valence-electron chi connectivity index (χ3n) is 3.45. The number of methoxy groups -OCH3 is 2. The van der Waals surface area contributed by atoms with Crippen LogP contribution in [0.1, 0.15) is 15.9 Å². The van der Waals surface area contributed by atoms with E-state index in [-0.39, 0.29) is 18.4 Å². The number of carbonyl (C=O) groups excluding carboxylic acids is 2. The van der Waals surface area contributed by atoms with Crippen LogP contribution in [0.5, 0.6) is 11.5 Å². The van der Waals surface area contributed by atoms with E-state index in [9.17, 15) is 9.59 Å². The largest absolute Gasteiger partial charge is 0.496 e. The highest BCUT2D eigenvalue weighted by molar-refractivity contribution is 9.10. The molecule has 25 heavy (non-hydrogen) atoms. The summed E-state index contributed by atoms with van der Waals surface area (Å²) >= 11 is 3.32. The first kappa shape index (κ1) is 18.8. The Hall–Kier alpha value is -2.54. The Balaban J connectivity index is 1.97. The van der Waals surface area contributed by atoms with Crippen molar-refractivity contribution < 1.29 is 19.1 Å². The molecule has 2 aromatic carbocycles. The number of ether oxygens (including phenoxy) is 2. The molecule has 6 nitrogen and oxygen atoms in total. The Labute approximate surface area is 154 Å². The maximum Gasteiger partial charge on any atom is 0.251 e. The third kappa shape index (κ3) is 4.96. The topological polar surface area (TPSA) is 76.7 Å². The van der Waals surface area contributed by atoms with E-state index >= 15 is 0 Å². The standard InChI is InChI=1S/C18H19BrN2O4/c1-11-4-6-16(25-3)14(8-11)21-17(22)10-20-18(23)12-5-7-15(24-2)13(19)9-12/h4-9H,10H2,1-3H3,(H,20,23)(H,21,22). The van der Waals surface area contributed by atoms with Gasteiger partial charge in [0.1, 0.15) is 11.5 Å². The van der Waals surface area contributed by atoms with Gasteiger partial charge < -0.3 is 20.1 Å². The molecule has 0 heterocycles. The number of benzene rings is 2. The molecular formula is C18H19BrN2O4. The van der Waals surface area contributed by atoms with Crippen LogP contribution in [0, 0.1) is 6.92 Å². The van der Waals surface area contributed by atoms with Crippen LogP contribution < -0.4 is 20.1 Å². The second-order valence-electron chi connectivity index (χ2n) is 5.28. The number of anilines is 1. The predicted octanol–water partition coefficient (Wildman–Crippen LogP) is 3.14. The van der Waals surface area contributed by atoms with Gasteiger partial charge in [0.15, 0.2) is 0 Å². The van der Waals surface area contributed by atoms with Gasteiger partial charge in [0.25, 0.3) is 5.91 Å². The van der Waals surface area contributed by atoms with Crippen molar-refractivity contribution in [1.29, 1.82) is 0 Å². The summed E-state index contributed by atoms with van der Waals surface area (Å²) < 4.78 is 11.0. The number of aryl methyl sites for hydroxylation is 1. The van der Waals surface area contributed by atoms with Crippen LogP contribution in [0.3, 0.4) is 0 Å². The van der Waals surface area contributed by atoms with Crippen molar-refractivity contribution >= 4 is 33.4 Å². The van der Waals surface area contributed by atoms with Gasteiger partial charge in [0.05, 0.1) is 30.9 Å². The van der Waals surface area contributed by atoms with Crippen molar-refractivity contribution in [3.05, 3.63) is 52.0 Å². The summed E-state index contributed by atoms with van der Waals surface area (Å²) in [6.45, 7) is 1.76.